The third-order valence-electron chi connectivity index (χ3n) is 3.03. The molecule has 0 saturated heterocycles. The van der Waals surface area contributed by atoms with E-state index in [1.807, 2.05) is 25.9 Å². The molecule has 108 valence electrons. The summed E-state index contributed by atoms with van der Waals surface area (Å²) in [5, 5.41) is 3.26. The Hall–Kier alpha value is -0.170. The van der Waals surface area contributed by atoms with Crippen LogP contribution in [0.3, 0.4) is 0 Å². The number of nitrogens with zero attached hydrogens (tertiary/aromatic N) is 2. The molecule has 0 aromatic carbocycles. The van der Waals surface area contributed by atoms with Gasteiger partial charge < -0.3 is 10.2 Å². The van der Waals surface area contributed by atoms with Crippen LogP contribution in [0.15, 0.2) is 0 Å². The van der Waals surface area contributed by atoms with Gasteiger partial charge in [-0.15, -0.1) is 0 Å². The van der Waals surface area contributed by atoms with Gasteiger partial charge in [0.15, 0.2) is 0 Å². The molecule has 0 unspecified atom stereocenters. The van der Waals surface area contributed by atoms with Crippen LogP contribution < -0.4 is 5.32 Å². The largest absolute Gasteiger partial charge is 0.313 e. The van der Waals surface area contributed by atoms with Crippen LogP contribution in [0.25, 0.3) is 0 Å². The average molecular weight is 277 g/mol. The van der Waals surface area contributed by atoms with Gasteiger partial charge in [0.05, 0.1) is 5.75 Å². The summed E-state index contributed by atoms with van der Waals surface area (Å²) in [7, 11) is 0.823. The second kappa shape index (κ2) is 7.43. The highest BCUT2D eigenvalue weighted by Gasteiger charge is 2.24. The second-order valence-electron chi connectivity index (χ2n) is 5.25. The highest BCUT2D eigenvalue weighted by molar-refractivity contribution is 7.89. The molecule has 0 aromatic rings. The SMILES string of the molecule is CCCN(CCN(C)C)S(=O)(=O)CCNC1CC1. The minimum Gasteiger partial charge on any atom is -0.313 e. The molecule has 5 nitrogen and oxygen atoms in total. The molecule has 1 N–H and O–H groups in total. The molecule has 0 heterocycles. The molecule has 0 bridgehead atoms. The van der Waals surface area contributed by atoms with Crippen molar-refractivity contribution in [2.75, 3.05) is 46.0 Å². The van der Waals surface area contributed by atoms with Crippen molar-refractivity contribution in [1.82, 2.24) is 14.5 Å². The number of likely N-dealkylation sites (N-methyl/N-ethyl adjacent to an activating group) is 1. The highest BCUT2D eigenvalue weighted by Crippen LogP contribution is 2.18. The van der Waals surface area contributed by atoms with Crippen molar-refractivity contribution in [3.63, 3.8) is 0 Å². The van der Waals surface area contributed by atoms with Crippen molar-refractivity contribution < 1.29 is 8.42 Å². The van der Waals surface area contributed by atoms with Crippen LogP contribution in [-0.4, -0.2) is 69.7 Å². The number of sulfonamides is 1. The van der Waals surface area contributed by atoms with E-state index < -0.39 is 10.0 Å². The molecule has 0 atom stereocenters. The fraction of sp³-hybridized carbons (Fsp3) is 1.00. The Morgan fingerprint density at radius 2 is 1.83 bits per heavy atom. The summed E-state index contributed by atoms with van der Waals surface area (Å²) in [5.74, 6) is 0.219. The van der Waals surface area contributed by atoms with E-state index in [0.29, 0.717) is 25.7 Å². The first kappa shape index (κ1) is 15.9. The lowest BCUT2D eigenvalue weighted by Gasteiger charge is -2.23. The quantitative estimate of drug-likeness (QED) is 0.626. The first-order valence-electron chi connectivity index (χ1n) is 6.81. The lowest BCUT2D eigenvalue weighted by molar-refractivity contribution is 0.333. The van der Waals surface area contributed by atoms with Crippen LogP contribution in [-0.2, 0) is 10.0 Å². The molecule has 0 aromatic heterocycles. The van der Waals surface area contributed by atoms with Crippen LogP contribution in [0.4, 0.5) is 0 Å². The van der Waals surface area contributed by atoms with Gasteiger partial charge in [-0.3, -0.25) is 0 Å². The second-order valence-corrected chi connectivity index (χ2v) is 7.34. The maximum absolute atomic E-state index is 12.2. The van der Waals surface area contributed by atoms with Crippen LogP contribution >= 0.6 is 0 Å². The van der Waals surface area contributed by atoms with Crippen molar-refractivity contribution >= 4 is 10.0 Å². The average Bonchev–Trinajstić information content (AvgIpc) is 3.07. The first-order valence-corrected chi connectivity index (χ1v) is 8.42. The van der Waals surface area contributed by atoms with Gasteiger partial charge in [0.2, 0.25) is 10.0 Å². The maximum atomic E-state index is 12.2. The summed E-state index contributed by atoms with van der Waals surface area (Å²) in [5.41, 5.74) is 0. The molecule has 1 saturated carbocycles. The van der Waals surface area contributed by atoms with Crippen LogP contribution in [0.2, 0.25) is 0 Å². The summed E-state index contributed by atoms with van der Waals surface area (Å²) in [6, 6.07) is 0.571. The molecule has 0 aliphatic heterocycles. The van der Waals surface area contributed by atoms with E-state index in [9.17, 15) is 8.42 Å². The molecule has 0 spiro atoms. The standard InChI is InChI=1S/C12H27N3O2S/c1-4-8-15(10-9-14(2)3)18(16,17)11-7-13-12-5-6-12/h12-13H,4-11H2,1-3H3. The molecule has 1 fully saturated rings. The van der Waals surface area contributed by atoms with Gasteiger partial charge >= 0.3 is 0 Å². The molecule has 1 aliphatic rings. The maximum Gasteiger partial charge on any atom is 0.215 e. The van der Waals surface area contributed by atoms with Gasteiger partial charge in [-0.05, 0) is 33.4 Å². The zero-order valence-corrected chi connectivity index (χ0v) is 12.7. The normalized spacial score (nSPS) is 16.7. The summed E-state index contributed by atoms with van der Waals surface area (Å²) >= 11 is 0. The molecule has 18 heavy (non-hydrogen) atoms. The van der Waals surface area contributed by atoms with E-state index >= 15 is 0 Å². The Kier molecular flexibility index (Phi) is 6.55. The van der Waals surface area contributed by atoms with Crippen molar-refractivity contribution in [2.24, 2.45) is 0 Å². The monoisotopic (exact) mass is 277 g/mol. The summed E-state index contributed by atoms with van der Waals surface area (Å²) in [6.45, 7) is 4.58. The van der Waals surface area contributed by atoms with Crippen LogP contribution in [0.5, 0.6) is 0 Å². The molecular formula is C12H27N3O2S. The Balaban J connectivity index is 2.40. The fourth-order valence-corrected chi connectivity index (χ4v) is 3.21. The molecule has 1 rings (SSSR count). The lowest BCUT2D eigenvalue weighted by atomic mass is 10.4. The third-order valence-corrected chi connectivity index (χ3v) is 4.91. The van der Waals surface area contributed by atoms with Crippen molar-refractivity contribution in [3.8, 4) is 0 Å². The minimum absolute atomic E-state index is 0.219. The molecule has 1 aliphatic carbocycles. The smallest absolute Gasteiger partial charge is 0.215 e. The Morgan fingerprint density at radius 1 is 1.17 bits per heavy atom. The van der Waals surface area contributed by atoms with Crippen LogP contribution in [0, 0.1) is 0 Å². The van der Waals surface area contributed by atoms with Crippen molar-refractivity contribution in [3.05, 3.63) is 0 Å². The predicted molar refractivity (Wildman–Crippen MR) is 75.2 cm³/mol. The zero-order chi connectivity index (χ0) is 13.6. The van der Waals surface area contributed by atoms with Gasteiger partial charge in [-0.2, -0.15) is 0 Å². The Bertz CT molecular complexity index is 326. The van der Waals surface area contributed by atoms with Gasteiger partial charge in [-0.1, -0.05) is 6.92 Å². The van der Waals surface area contributed by atoms with Crippen molar-refractivity contribution in [1.29, 1.82) is 0 Å². The number of hydrogen-bond donors (Lipinski definition) is 1. The van der Waals surface area contributed by atoms with E-state index in [4.69, 9.17) is 0 Å². The fourth-order valence-electron chi connectivity index (χ4n) is 1.76. The molecular weight excluding hydrogens is 250 g/mol. The van der Waals surface area contributed by atoms with E-state index in [2.05, 4.69) is 5.32 Å². The van der Waals surface area contributed by atoms with Gasteiger partial charge in [0.25, 0.3) is 0 Å². The van der Waals surface area contributed by atoms with E-state index in [0.717, 1.165) is 13.0 Å². The molecule has 0 radical (unpaired) electrons. The highest BCUT2D eigenvalue weighted by atomic mass is 32.2. The summed E-state index contributed by atoms with van der Waals surface area (Å²) in [4.78, 5) is 2.01. The van der Waals surface area contributed by atoms with Crippen molar-refractivity contribution in [2.45, 2.75) is 32.2 Å². The van der Waals surface area contributed by atoms with Gasteiger partial charge in [0.1, 0.15) is 0 Å². The Morgan fingerprint density at radius 3 is 2.33 bits per heavy atom. The van der Waals surface area contributed by atoms with Gasteiger partial charge in [-0.25, -0.2) is 12.7 Å². The number of nitrogens with one attached hydrogen (secondary N) is 1. The van der Waals surface area contributed by atoms with E-state index in [1.54, 1.807) is 4.31 Å². The third kappa shape index (κ3) is 6.13. The minimum atomic E-state index is -3.10. The summed E-state index contributed by atoms with van der Waals surface area (Å²) < 4.78 is 26.0. The molecule has 0 amide bonds. The van der Waals surface area contributed by atoms with E-state index in [-0.39, 0.29) is 5.75 Å². The van der Waals surface area contributed by atoms with E-state index in [1.165, 1.54) is 12.8 Å². The van der Waals surface area contributed by atoms with Crippen LogP contribution in [0.1, 0.15) is 26.2 Å². The summed E-state index contributed by atoms with van der Waals surface area (Å²) in [6.07, 6.45) is 3.25. The molecule has 6 heteroatoms. The lowest BCUT2D eigenvalue weighted by Crippen LogP contribution is -2.40. The van der Waals surface area contributed by atoms with Gasteiger partial charge in [0, 0.05) is 32.2 Å². The first-order chi connectivity index (χ1) is 8.45. The topological polar surface area (TPSA) is 52.7 Å². The number of rotatable bonds is 10. The Labute approximate surface area is 112 Å². The number of hydrogen-bond acceptors (Lipinski definition) is 4. The predicted octanol–water partition coefficient (Wildman–Crippen LogP) is 0.342. The zero-order valence-electron chi connectivity index (χ0n) is 11.9.